The highest BCUT2D eigenvalue weighted by atomic mass is 19.4. The molecular formula is C15H10F4N4O. The van der Waals surface area contributed by atoms with Gasteiger partial charge in [0.05, 0.1) is 17.7 Å². The Morgan fingerprint density at radius 3 is 2.58 bits per heavy atom. The Morgan fingerprint density at radius 1 is 1.12 bits per heavy atom. The van der Waals surface area contributed by atoms with Crippen LogP contribution in [-0.2, 0) is 12.7 Å². The van der Waals surface area contributed by atoms with Gasteiger partial charge in [0.2, 0.25) is 0 Å². The Bertz CT molecular complexity index is 904. The SMILES string of the molecule is O=C(NCc1nnc2ccc(C(F)(F)F)cn12)c1ccccc1F. The summed E-state index contributed by atoms with van der Waals surface area (Å²) in [6.07, 6.45) is -3.66. The average Bonchev–Trinajstić information content (AvgIpc) is 2.94. The lowest BCUT2D eigenvalue weighted by Gasteiger charge is -2.08. The molecule has 0 bridgehead atoms. The van der Waals surface area contributed by atoms with Crippen molar-refractivity contribution in [2.75, 3.05) is 0 Å². The van der Waals surface area contributed by atoms with Gasteiger partial charge >= 0.3 is 6.18 Å². The van der Waals surface area contributed by atoms with Gasteiger partial charge in [0.1, 0.15) is 5.82 Å². The lowest BCUT2D eigenvalue weighted by molar-refractivity contribution is -0.137. The fourth-order valence-electron chi connectivity index (χ4n) is 2.13. The third kappa shape index (κ3) is 3.05. The maximum atomic E-state index is 13.5. The second-order valence-electron chi connectivity index (χ2n) is 4.92. The molecule has 3 aromatic rings. The normalized spacial score (nSPS) is 11.7. The van der Waals surface area contributed by atoms with Gasteiger partial charge in [0.25, 0.3) is 5.91 Å². The van der Waals surface area contributed by atoms with Crippen molar-refractivity contribution < 1.29 is 22.4 Å². The standard InChI is InChI=1S/C15H10F4N4O/c16-11-4-2-1-3-10(11)14(24)20-7-13-22-21-12-6-5-9(8-23(12)13)15(17,18)19/h1-6,8H,7H2,(H,20,24). The van der Waals surface area contributed by atoms with Gasteiger partial charge in [-0.1, -0.05) is 12.1 Å². The summed E-state index contributed by atoms with van der Waals surface area (Å²) in [5.74, 6) is -1.29. The highest BCUT2D eigenvalue weighted by Gasteiger charge is 2.31. The van der Waals surface area contributed by atoms with E-state index in [4.69, 9.17) is 0 Å². The zero-order valence-electron chi connectivity index (χ0n) is 12.0. The van der Waals surface area contributed by atoms with Gasteiger partial charge in [-0.2, -0.15) is 13.2 Å². The van der Waals surface area contributed by atoms with E-state index in [1.54, 1.807) is 0 Å². The molecule has 0 saturated carbocycles. The van der Waals surface area contributed by atoms with E-state index in [1.165, 1.54) is 24.3 Å². The van der Waals surface area contributed by atoms with E-state index in [9.17, 15) is 22.4 Å². The molecule has 0 radical (unpaired) electrons. The Labute approximate surface area is 132 Å². The molecule has 0 aliphatic rings. The second kappa shape index (κ2) is 5.91. The number of alkyl halides is 3. The van der Waals surface area contributed by atoms with Crippen LogP contribution >= 0.6 is 0 Å². The number of nitrogens with one attached hydrogen (secondary N) is 1. The van der Waals surface area contributed by atoms with Crippen LogP contribution in [0.15, 0.2) is 42.6 Å². The monoisotopic (exact) mass is 338 g/mol. The Morgan fingerprint density at radius 2 is 1.88 bits per heavy atom. The van der Waals surface area contributed by atoms with Crippen LogP contribution < -0.4 is 5.32 Å². The number of carbonyl (C=O) groups excluding carboxylic acids is 1. The molecule has 1 N–H and O–H groups in total. The van der Waals surface area contributed by atoms with E-state index in [0.717, 1.165) is 22.7 Å². The molecule has 0 unspecified atom stereocenters. The molecule has 24 heavy (non-hydrogen) atoms. The van der Waals surface area contributed by atoms with Gasteiger partial charge in [-0.15, -0.1) is 10.2 Å². The predicted molar refractivity (Wildman–Crippen MR) is 75.6 cm³/mol. The molecule has 0 aliphatic heterocycles. The minimum Gasteiger partial charge on any atom is -0.345 e. The van der Waals surface area contributed by atoms with E-state index < -0.39 is 23.5 Å². The summed E-state index contributed by atoms with van der Waals surface area (Å²) in [6, 6.07) is 7.45. The average molecular weight is 338 g/mol. The predicted octanol–water partition coefficient (Wildman–Crippen LogP) is 2.82. The Kier molecular flexibility index (Phi) is 3.92. The second-order valence-corrected chi connectivity index (χ2v) is 4.92. The Hall–Kier alpha value is -2.97. The van der Waals surface area contributed by atoms with Gasteiger partial charge < -0.3 is 5.32 Å². The third-order valence-electron chi connectivity index (χ3n) is 3.33. The van der Waals surface area contributed by atoms with E-state index in [2.05, 4.69) is 15.5 Å². The summed E-state index contributed by atoms with van der Waals surface area (Å²) in [7, 11) is 0. The van der Waals surface area contributed by atoms with Crippen molar-refractivity contribution in [2.45, 2.75) is 12.7 Å². The minimum absolute atomic E-state index is 0.0980. The summed E-state index contributed by atoms with van der Waals surface area (Å²) < 4.78 is 53.0. The smallest absolute Gasteiger partial charge is 0.345 e. The summed E-state index contributed by atoms with van der Waals surface area (Å²) in [5, 5.41) is 9.88. The number of amides is 1. The first-order chi connectivity index (χ1) is 11.4. The zero-order valence-corrected chi connectivity index (χ0v) is 12.0. The molecule has 0 fully saturated rings. The molecule has 1 amide bonds. The van der Waals surface area contributed by atoms with E-state index in [1.807, 2.05) is 0 Å². The number of nitrogens with zero attached hydrogens (tertiary/aromatic N) is 3. The number of pyridine rings is 1. The van der Waals surface area contributed by atoms with Gasteiger partial charge in [-0.25, -0.2) is 4.39 Å². The van der Waals surface area contributed by atoms with E-state index in [-0.39, 0.29) is 23.6 Å². The van der Waals surface area contributed by atoms with Crippen LogP contribution in [0.5, 0.6) is 0 Å². The van der Waals surface area contributed by atoms with Crippen LogP contribution in [0.1, 0.15) is 21.7 Å². The van der Waals surface area contributed by atoms with Crippen molar-refractivity contribution in [2.24, 2.45) is 0 Å². The zero-order chi connectivity index (χ0) is 17.3. The van der Waals surface area contributed by atoms with Gasteiger partial charge in [0.15, 0.2) is 11.5 Å². The summed E-state index contributed by atoms with van der Waals surface area (Å²) in [5.41, 5.74) is -0.822. The summed E-state index contributed by atoms with van der Waals surface area (Å²) in [4.78, 5) is 11.9. The molecule has 124 valence electrons. The van der Waals surface area contributed by atoms with Crippen LogP contribution in [0.3, 0.4) is 0 Å². The molecule has 1 aromatic carbocycles. The number of halogens is 4. The van der Waals surface area contributed by atoms with Crippen molar-refractivity contribution >= 4 is 11.6 Å². The summed E-state index contributed by atoms with van der Waals surface area (Å²) in [6.45, 7) is -0.199. The van der Waals surface area contributed by atoms with Crippen LogP contribution in [0.25, 0.3) is 5.65 Å². The fraction of sp³-hybridized carbons (Fsp3) is 0.133. The number of benzene rings is 1. The minimum atomic E-state index is -4.51. The molecule has 0 saturated heterocycles. The van der Waals surface area contributed by atoms with Crippen LogP contribution in [0, 0.1) is 5.82 Å². The van der Waals surface area contributed by atoms with Gasteiger partial charge in [-0.05, 0) is 24.3 Å². The number of hydrogen-bond donors (Lipinski definition) is 1. The highest BCUT2D eigenvalue weighted by molar-refractivity contribution is 5.94. The Balaban J connectivity index is 1.83. The first-order valence-corrected chi connectivity index (χ1v) is 6.80. The van der Waals surface area contributed by atoms with Crippen molar-refractivity contribution in [3.8, 4) is 0 Å². The molecule has 5 nitrogen and oxygen atoms in total. The molecule has 0 atom stereocenters. The first kappa shape index (κ1) is 15.9. The maximum Gasteiger partial charge on any atom is 0.417 e. The first-order valence-electron chi connectivity index (χ1n) is 6.80. The highest BCUT2D eigenvalue weighted by Crippen LogP contribution is 2.29. The molecule has 2 heterocycles. The quantitative estimate of drug-likeness (QED) is 0.747. The largest absolute Gasteiger partial charge is 0.417 e. The topological polar surface area (TPSA) is 59.3 Å². The van der Waals surface area contributed by atoms with Crippen LogP contribution in [0.2, 0.25) is 0 Å². The van der Waals surface area contributed by atoms with Crippen molar-refractivity contribution in [3.63, 3.8) is 0 Å². The molecule has 0 spiro atoms. The molecule has 0 aliphatic carbocycles. The van der Waals surface area contributed by atoms with Crippen LogP contribution in [0.4, 0.5) is 17.6 Å². The van der Waals surface area contributed by atoms with Gasteiger partial charge in [0, 0.05) is 6.20 Å². The fourth-order valence-corrected chi connectivity index (χ4v) is 2.13. The number of carbonyl (C=O) groups is 1. The lowest BCUT2D eigenvalue weighted by atomic mass is 10.2. The van der Waals surface area contributed by atoms with E-state index >= 15 is 0 Å². The number of fused-ring (bicyclic) bond motifs is 1. The lowest BCUT2D eigenvalue weighted by Crippen LogP contribution is -2.25. The molecule has 3 rings (SSSR count). The number of hydrogen-bond acceptors (Lipinski definition) is 3. The number of rotatable bonds is 3. The van der Waals surface area contributed by atoms with E-state index in [0.29, 0.717) is 0 Å². The van der Waals surface area contributed by atoms with Crippen molar-refractivity contribution in [1.82, 2.24) is 19.9 Å². The van der Waals surface area contributed by atoms with Crippen molar-refractivity contribution in [3.05, 3.63) is 65.4 Å². The number of aromatic nitrogens is 3. The molecule has 2 aromatic heterocycles. The molecular weight excluding hydrogens is 328 g/mol. The maximum absolute atomic E-state index is 13.5. The third-order valence-corrected chi connectivity index (χ3v) is 3.33. The van der Waals surface area contributed by atoms with Crippen LogP contribution in [-0.4, -0.2) is 20.5 Å². The molecule has 9 heteroatoms. The van der Waals surface area contributed by atoms with Crippen molar-refractivity contribution in [1.29, 1.82) is 0 Å². The summed E-state index contributed by atoms with van der Waals surface area (Å²) >= 11 is 0. The van der Waals surface area contributed by atoms with Gasteiger partial charge in [-0.3, -0.25) is 9.20 Å².